The molecule has 0 radical (unpaired) electrons. The maximum Gasteiger partial charge on any atom is 0.0923 e. The van der Waals surface area contributed by atoms with E-state index in [2.05, 4.69) is 0 Å². The third kappa shape index (κ3) is 3.80. The third-order valence-corrected chi connectivity index (χ3v) is 4.90. The molecule has 2 aromatic carbocycles. The summed E-state index contributed by atoms with van der Waals surface area (Å²) in [4.78, 5) is 6.77. The monoisotopic (exact) mass is 374 g/mol. The van der Waals surface area contributed by atoms with Gasteiger partial charge in [-0.3, -0.25) is 0 Å². The normalized spacial score (nSPS) is 12.8. The zero-order chi connectivity index (χ0) is 18.1. The van der Waals surface area contributed by atoms with E-state index in [4.69, 9.17) is 28.2 Å². The number of hydrogen-bond donors (Lipinski definition) is 1. The van der Waals surface area contributed by atoms with Gasteiger partial charge in [-0.15, -0.1) is 0 Å². The average molecular weight is 375 g/mol. The van der Waals surface area contributed by atoms with Crippen LogP contribution in [0.3, 0.4) is 0 Å². The number of likely N-dealkylation sites (N-methyl/N-ethyl adjacent to an activating group) is 1. The van der Waals surface area contributed by atoms with Crippen LogP contribution in [0.15, 0.2) is 42.5 Å². The Hall–Kier alpha value is -1.65. The van der Waals surface area contributed by atoms with Crippen LogP contribution in [0.1, 0.15) is 17.2 Å². The van der Waals surface area contributed by atoms with Gasteiger partial charge in [0.15, 0.2) is 0 Å². The predicted octanol–water partition coefficient (Wildman–Crippen LogP) is 5.11. The number of pyridine rings is 1. The first-order valence-corrected chi connectivity index (χ1v) is 8.81. The van der Waals surface area contributed by atoms with Gasteiger partial charge in [-0.25, -0.2) is 4.98 Å². The van der Waals surface area contributed by atoms with Crippen molar-refractivity contribution in [3.63, 3.8) is 0 Å². The summed E-state index contributed by atoms with van der Waals surface area (Å²) in [6.07, 6.45) is -0.618. The standard InChI is InChI=1S/C20H20Cl2N2O/c1-12-17(22)9-8-15-16(19(25)11-24(2)3)10-18(23-20(12)15)13-4-6-14(21)7-5-13/h4-10,19,25H,11H2,1-3H3. The van der Waals surface area contributed by atoms with Crippen LogP contribution in [0.4, 0.5) is 0 Å². The second-order valence-electron chi connectivity index (χ2n) is 6.45. The number of hydrogen-bond acceptors (Lipinski definition) is 3. The summed E-state index contributed by atoms with van der Waals surface area (Å²) in [5.41, 5.74) is 4.32. The zero-order valence-corrected chi connectivity index (χ0v) is 15.9. The molecule has 130 valence electrons. The number of fused-ring (bicyclic) bond motifs is 1. The topological polar surface area (TPSA) is 36.4 Å². The van der Waals surface area contributed by atoms with Crippen LogP contribution in [0.5, 0.6) is 0 Å². The number of aliphatic hydroxyl groups is 1. The van der Waals surface area contributed by atoms with Crippen LogP contribution in [-0.4, -0.2) is 35.6 Å². The second kappa shape index (κ2) is 7.30. The van der Waals surface area contributed by atoms with Gasteiger partial charge in [0.2, 0.25) is 0 Å². The highest BCUT2D eigenvalue weighted by atomic mass is 35.5. The Balaban J connectivity index is 2.25. The van der Waals surface area contributed by atoms with Gasteiger partial charge < -0.3 is 10.0 Å². The lowest BCUT2D eigenvalue weighted by Crippen LogP contribution is -2.20. The van der Waals surface area contributed by atoms with E-state index >= 15 is 0 Å². The van der Waals surface area contributed by atoms with E-state index in [0.717, 1.165) is 33.3 Å². The van der Waals surface area contributed by atoms with Crippen molar-refractivity contribution in [3.05, 3.63) is 63.6 Å². The molecule has 5 heteroatoms. The summed E-state index contributed by atoms with van der Waals surface area (Å²) < 4.78 is 0. The van der Waals surface area contributed by atoms with Crippen molar-refractivity contribution < 1.29 is 5.11 Å². The first-order chi connectivity index (χ1) is 11.9. The van der Waals surface area contributed by atoms with Crippen molar-refractivity contribution in [1.29, 1.82) is 0 Å². The van der Waals surface area contributed by atoms with E-state index < -0.39 is 6.10 Å². The van der Waals surface area contributed by atoms with Gasteiger partial charge in [0, 0.05) is 27.5 Å². The molecule has 0 bridgehead atoms. The zero-order valence-electron chi connectivity index (χ0n) is 14.4. The van der Waals surface area contributed by atoms with Gasteiger partial charge in [0.05, 0.1) is 17.3 Å². The van der Waals surface area contributed by atoms with Crippen molar-refractivity contribution in [3.8, 4) is 11.3 Å². The van der Waals surface area contributed by atoms with Gasteiger partial charge >= 0.3 is 0 Å². The number of aromatic nitrogens is 1. The molecule has 0 aliphatic carbocycles. The first kappa shape index (κ1) is 18.2. The van der Waals surface area contributed by atoms with E-state index in [-0.39, 0.29) is 0 Å². The number of rotatable bonds is 4. The lowest BCUT2D eigenvalue weighted by Gasteiger charge is -2.19. The highest BCUT2D eigenvalue weighted by Crippen LogP contribution is 2.33. The fourth-order valence-electron chi connectivity index (χ4n) is 2.92. The number of nitrogens with zero attached hydrogens (tertiary/aromatic N) is 2. The molecule has 1 unspecified atom stereocenters. The fourth-order valence-corrected chi connectivity index (χ4v) is 3.20. The Morgan fingerprint density at radius 1 is 1.08 bits per heavy atom. The Morgan fingerprint density at radius 3 is 2.40 bits per heavy atom. The van der Waals surface area contributed by atoms with Crippen LogP contribution in [0.2, 0.25) is 10.0 Å². The predicted molar refractivity (Wildman–Crippen MR) is 105 cm³/mol. The largest absolute Gasteiger partial charge is 0.387 e. The van der Waals surface area contributed by atoms with Gasteiger partial charge in [-0.1, -0.05) is 41.4 Å². The van der Waals surface area contributed by atoms with Crippen molar-refractivity contribution in [2.24, 2.45) is 0 Å². The molecule has 0 aliphatic heterocycles. The average Bonchev–Trinajstić information content (AvgIpc) is 2.57. The number of benzene rings is 2. The van der Waals surface area contributed by atoms with Gasteiger partial charge in [-0.05, 0) is 56.4 Å². The summed E-state index contributed by atoms with van der Waals surface area (Å²) in [7, 11) is 3.88. The van der Waals surface area contributed by atoms with Crippen molar-refractivity contribution in [2.75, 3.05) is 20.6 Å². The summed E-state index contributed by atoms with van der Waals surface area (Å²) in [5, 5.41) is 13.0. The number of aliphatic hydroxyl groups excluding tert-OH is 1. The quantitative estimate of drug-likeness (QED) is 0.688. The fraction of sp³-hybridized carbons (Fsp3) is 0.250. The minimum absolute atomic E-state index is 0.529. The van der Waals surface area contributed by atoms with Crippen molar-refractivity contribution in [1.82, 2.24) is 9.88 Å². The number of aryl methyl sites for hydroxylation is 1. The molecule has 1 heterocycles. The maximum absolute atomic E-state index is 10.7. The molecule has 0 amide bonds. The smallest absolute Gasteiger partial charge is 0.0923 e. The summed E-state index contributed by atoms with van der Waals surface area (Å²) in [6, 6.07) is 13.3. The summed E-state index contributed by atoms with van der Waals surface area (Å²) in [6.45, 7) is 2.48. The van der Waals surface area contributed by atoms with Crippen LogP contribution >= 0.6 is 23.2 Å². The summed E-state index contributed by atoms with van der Waals surface area (Å²) in [5.74, 6) is 0. The lowest BCUT2D eigenvalue weighted by atomic mass is 9.98. The first-order valence-electron chi connectivity index (χ1n) is 8.05. The molecule has 0 spiro atoms. The Bertz CT molecular complexity index is 908. The van der Waals surface area contributed by atoms with Crippen molar-refractivity contribution >= 4 is 34.1 Å². The van der Waals surface area contributed by atoms with E-state index in [0.29, 0.717) is 16.6 Å². The third-order valence-electron chi connectivity index (χ3n) is 4.24. The maximum atomic E-state index is 10.7. The molecule has 0 saturated heterocycles. The van der Waals surface area contributed by atoms with E-state index in [1.54, 1.807) is 0 Å². The lowest BCUT2D eigenvalue weighted by molar-refractivity contribution is 0.139. The molecule has 25 heavy (non-hydrogen) atoms. The molecule has 0 fully saturated rings. The van der Waals surface area contributed by atoms with Gasteiger partial charge in [0.1, 0.15) is 0 Å². The minimum Gasteiger partial charge on any atom is -0.387 e. The Labute approximate surface area is 157 Å². The molecule has 1 atom stereocenters. The molecule has 0 aliphatic rings. The Kier molecular flexibility index (Phi) is 5.30. The Morgan fingerprint density at radius 2 is 1.76 bits per heavy atom. The molecular weight excluding hydrogens is 355 g/mol. The molecule has 3 aromatic rings. The molecule has 0 saturated carbocycles. The summed E-state index contributed by atoms with van der Waals surface area (Å²) >= 11 is 12.3. The van der Waals surface area contributed by atoms with Crippen LogP contribution in [0.25, 0.3) is 22.2 Å². The molecule has 3 rings (SSSR count). The molecule has 1 N–H and O–H groups in total. The molecule has 1 aromatic heterocycles. The van der Waals surface area contributed by atoms with Crippen LogP contribution < -0.4 is 0 Å². The van der Waals surface area contributed by atoms with Crippen molar-refractivity contribution in [2.45, 2.75) is 13.0 Å². The highest BCUT2D eigenvalue weighted by molar-refractivity contribution is 6.32. The van der Waals surface area contributed by atoms with E-state index in [9.17, 15) is 5.11 Å². The van der Waals surface area contributed by atoms with E-state index in [1.165, 1.54) is 0 Å². The van der Waals surface area contributed by atoms with Crippen LogP contribution in [-0.2, 0) is 0 Å². The number of halogens is 2. The molecular formula is C20H20Cl2N2O. The van der Waals surface area contributed by atoms with E-state index in [1.807, 2.05) is 68.4 Å². The van der Waals surface area contributed by atoms with Crippen LogP contribution in [0, 0.1) is 6.92 Å². The minimum atomic E-state index is -0.618. The van der Waals surface area contributed by atoms with Gasteiger partial charge in [0.25, 0.3) is 0 Å². The highest BCUT2D eigenvalue weighted by Gasteiger charge is 2.17. The van der Waals surface area contributed by atoms with Gasteiger partial charge in [-0.2, -0.15) is 0 Å². The SMILES string of the molecule is Cc1c(Cl)ccc2c(C(O)CN(C)C)cc(-c3ccc(Cl)cc3)nc12. The molecule has 3 nitrogen and oxygen atoms in total. The second-order valence-corrected chi connectivity index (χ2v) is 7.29.